The Kier molecular flexibility index (Phi) is 4.12. The van der Waals surface area contributed by atoms with Crippen molar-refractivity contribution in [2.24, 2.45) is 0 Å². The molecule has 0 spiro atoms. The number of hydrogen-bond acceptors (Lipinski definition) is 4. The van der Waals surface area contributed by atoms with Crippen LogP contribution in [0.2, 0.25) is 0 Å². The van der Waals surface area contributed by atoms with Crippen LogP contribution < -0.4 is 10.1 Å². The van der Waals surface area contributed by atoms with E-state index in [0.717, 1.165) is 24.5 Å². The Bertz CT molecular complexity index is 482. The Morgan fingerprint density at radius 3 is 2.82 bits per heavy atom. The van der Waals surface area contributed by atoms with E-state index in [0.29, 0.717) is 0 Å². The number of methoxy groups -OCH3 is 1. The van der Waals surface area contributed by atoms with E-state index in [1.807, 2.05) is 30.6 Å². The largest absolute Gasteiger partial charge is 0.496 e. The van der Waals surface area contributed by atoms with Gasteiger partial charge in [-0.3, -0.25) is 0 Å². The van der Waals surface area contributed by atoms with E-state index in [1.54, 1.807) is 18.4 Å². The number of aromatic nitrogens is 1. The van der Waals surface area contributed by atoms with Gasteiger partial charge in [-0.2, -0.15) is 0 Å². The zero-order valence-corrected chi connectivity index (χ0v) is 10.9. The number of thiazole rings is 1. The summed E-state index contributed by atoms with van der Waals surface area (Å²) in [5.74, 6) is 0.932. The lowest BCUT2D eigenvalue weighted by molar-refractivity contribution is 0.407. The average molecular weight is 248 g/mol. The number of para-hydroxylation sites is 1. The van der Waals surface area contributed by atoms with E-state index in [9.17, 15) is 0 Å². The second-order valence-electron chi connectivity index (χ2n) is 3.78. The first-order valence-corrected chi connectivity index (χ1v) is 6.41. The zero-order chi connectivity index (χ0) is 12.1. The predicted molar refractivity (Wildman–Crippen MR) is 70.4 cm³/mol. The van der Waals surface area contributed by atoms with E-state index >= 15 is 0 Å². The van der Waals surface area contributed by atoms with Crippen LogP contribution in [0.4, 0.5) is 0 Å². The fourth-order valence-electron chi connectivity index (χ4n) is 1.66. The number of rotatable bonds is 5. The summed E-state index contributed by atoms with van der Waals surface area (Å²) in [6.07, 6.45) is 0. The standard InChI is InChI=1S/C13H16N2OS/c1-10-13(17-9-15-10)8-14-7-11-5-3-4-6-12(11)16-2/h3-6,9,14H,7-8H2,1-2H3. The molecule has 2 aromatic rings. The van der Waals surface area contributed by atoms with Crippen LogP contribution in [0.15, 0.2) is 29.8 Å². The Morgan fingerprint density at radius 1 is 1.29 bits per heavy atom. The Labute approximate surface area is 105 Å². The molecule has 1 aromatic heterocycles. The van der Waals surface area contributed by atoms with E-state index in [-0.39, 0.29) is 0 Å². The van der Waals surface area contributed by atoms with Crippen molar-refractivity contribution in [2.45, 2.75) is 20.0 Å². The molecule has 0 atom stereocenters. The van der Waals surface area contributed by atoms with Crippen LogP contribution >= 0.6 is 11.3 Å². The summed E-state index contributed by atoms with van der Waals surface area (Å²) < 4.78 is 5.31. The highest BCUT2D eigenvalue weighted by Crippen LogP contribution is 2.17. The van der Waals surface area contributed by atoms with E-state index in [1.165, 1.54) is 10.4 Å². The molecule has 0 bridgehead atoms. The van der Waals surface area contributed by atoms with Crippen LogP contribution in [0, 0.1) is 6.92 Å². The molecule has 0 unspecified atom stereocenters. The normalized spacial score (nSPS) is 10.5. The molecule has 0 aliphatic heterocycles. The van der Waals surface area contributed by atoms with Gasteiger partial charge in [0.1, 0.15) is 5.75 Å². The number of nitrogens with one attached hydrogen (secondary N) is 1. The SMILES string of the molecule is COc1ccccc1CNCc1scnc1C. The van der Waals surface area contributed by atoms with Gasteiger partial charge in [0.25, 0.3) is 0 Å². The summed E-state index contributed by atoms with van der Waals surface area (Å²) in [5, 5.41) is 3.41. The van der Waals surface area contributed by atoms with E-state index in [4.69, 9.17) is 4.74 Å². The van der Waals surface area contributed by atoms with Gasteiger partial charge in [0.15, 0.2) is 0 Å². The van der Waals surface area contributed by atoms with Gasteiger partial charge in [-0.15, -0.1) is 11.3 Å². The average Bonchev–Trinajstić information content (AvgIpc) is 2.76. The quantitative estimate of drug-likeness (QED) is 0.883. The fourth-order valence-corrected chi connectivity index (χ4v) is 2.40. The lowest BCUT2D eigenvalue weighted by atomic mass is 10.2. The minimum absolute atomic E-state index is 0.807. The van der Waals surface area contributed by atoms with Gasteiger partial charge in [0, 0.05) is 23.5 Å². The van der Waals surface area contributed by atoms with Gasteiger partial charge in [0.05, 0.1) is 18.3 Å². The molecule has 0 aliphatic carbocycles. The maximum Gasteiger partial charge on any atom is 0.123 e. The van der Waals surface area contributed by atoms with Gasteiger partial charge in [-0.25, -0.2) is 4.98 Å². The molecule has 0 radical (unpaired) electrons. The summed E-state index contributed by atoms with van der Waals surface area (Å²) in [5.41, 5.74) is 4.18. The topological polar surface area (TPSA) is 34.1 Å². The molecule has 0 amide bonds. The Hall–Kier alpha value is -1.39. The van der Waals surface area contributed by atoms with Crippen LogP contribution in [-0.4, -0.2) is 12.1 Å². The summed E-state index contributed by atoms with van der Waals surface area (Å²) in [4.78, 5) is 5.52. The summed E-state index contributed by atoms with van der Waals surface area (Å²) >= 11 is 1.69. The Balaban J connectivity index is 1.92. The second-order valence-corrected chi connectivity index (χ2v) is 4.72. The highest BCUT2D eigenvalue weighted by atomic mass is 32.1. The second kappa shape index (κ2) is 5.80. The lowest BCUT2D eigenvalue weighted by Crippen LogP contribution is -2.13. The highest BCUT2D eigenvalue weighted by Gasteiger charge is 2.03. The first-order valence-electron chi connectivity index (χ1n) is 5.53. The smallest absolute Gasteiger partial charge is 0.123 e. The predicted octanol–water partition coefficient (Wildman–Crippen LogP) is 2.75. The molecule has 1 heterocycles. The van der Waals surface area contributed by atoms with Crippen LogP contribution in [0.25, 0.3) is 0 Å². The van der Waals surface area contributed by atoms with Crippen molar-refractivity contribution in [2.75, 3.05) is 7.11 Å². The minimum Gasteiger partial charge on any atom is -0.496 e. The van der Waals surface area contributed by atoms with Crippen LogP contribution in [0.3, 0.4) is 0 Å². The van der Waals surface area contributed by atoms with Gasteiger partial charge in [-0.1, -0.05) is 18.2 Å². The molecule has 0 fully saturated rings. The maximum atomic E-state index is 5.31. The maximum absolute atomic E-state index is 5.31. The molecule has 0 saturated carbocycles. The first-order chi connectivity index (χ1) is 8.31. The molecular weight excluding hydrogens is 232 g/mol. The monoisotopic (exact) mass is 248 g/mol. The molecule has 0 aliphatic rings. The third-order valence-corrected chi connectivity index (χ3v) is 3.57. The first kappa shape index (κ1) is 12.1. The van der Waals surface area contributed by atoms with Crippen molar-refractivity contribution in [3.63, 3.8) is 0 Å². The highest BCUT2D eigenvalue weighted by molar-refractivity contribution is 7.09. The van der Waals surface area contributed by atoms with Crippen molar-refractivity contribution in [3.05, 3.63) is 45.9 Å². The van der Waals surface area contributed by atoms with E-state index < -0.39 is 0 Å². The minimum atomic E-state index is 0.807. The molecule has 0 saturated heterocycles. The number of benzene rings is 1. The number of hydrogen-bond donors (Lipinski definition) is 1. The van der Waals surface area contributed by atoms with Gasteiger partial charge >= 0.3 is 0 Å². The number of ether oxygens (including phenoxy) is 1. The van der Waals surface area contributed by atoms with Crippen molar-refractivity contribution in [1.82, 2.24) is 10.3 Å². The number of aryl methyl sites for hydroxylation is 1. The lowest BCUT2D eigenvalue weighted by Gasteiger charge is -2.08. The van der Waals surface area contributed by atoms with Crippen LogP contribution in [0.5, 0.6) is 5.75 Å². The molecule has 4 heteroatoms. The molecule has 90 valence electrons. The van der Waals surface area contributed by atoms with Crippen molar-refractivity contribution in [1.29, 1.82) is 0 Å². The molecular formula is C13H16N2OS. The molecule has 1 N–H and O–H groups in total. The van der Waals surface area contributed by atoms with Crippen LogP contribution in [0.1, 0.15) is 16.1 Å². The van der Waals surface area contributed by atoms with Gasteiger partial charge < -0.3 is 10.1 Å². The molecule has 1 aromatic carbocycles. The third kappa shape index (κ3) is 3.05. The molecule has 3 nitrogen and oxygen atoms in total. The van der Waals surface area contributed by atoms with Gasteiger partial charge in [0.2, 0.25) is 0 Å². The molecule has 17 heavy (non-hydrogen) atoms. The summed E-state index contributed by atoms with van der Waals surface area (Å²) in [7, 11) is 1.70. The van der Waals surface area contributed by atoms with Crippen molar-refractivity contribution >= 4 is 11.3 Å². The molecule has 2 rings (SSSR count). The van der Waals surface area contributed by atoms with E-state index in [2.05, 4.69) is 16.4 Å². The fraction of sp³-hybridized carbons (Fsp3) is 0.308. The summed E-state index contributed by atoms with van der Waals surface area (Å²) in [6.45, 7) is 3.70. The number of nitrogens with zero attached hydrogens (tertiary/aromatic N) is 1. The summed E-state index contributed by atoms with van der Waals surface area (Å²) in [6, 6.07) is 8.06. The third-order valence-electron chi connectivity index (χ3n) is 2.64. The van der Waals surface area contributed by atoms with Gasteiger partial charge in [-0.05, 0) is 13.0 Å². The Morgan fingerprint density at radius 2 is 2.12 bits per heavy atom. The zero-order valence-electron chi connectivity index (χ0n) is 10.1. The van der Waals surface area contributed by atoms with Crippen LogP contribution in [-0.2, 0) is 13.1 Å². The van der Waals surface area contributed by atoms with Crippen molar-refractivity contribution < 1.29 is 4.74 Å². The van der Waals surface area contributed by atoms with Crippen molar-refractivity contribution in [3.8, 4) is 5.75 Å².